The number of carbonyl (C=O) groups excluding carboxylic acids is 1. The molecule has 0 bridgehead atoms. The van der Waals surface area contributed by atoms with E-state index >= 15 is 0 Å². The Morgan fingerprint density at radius 3 is 2.34 bits per heavy atom. The highest BCUT2D eigenvalue weighted by atomic mass is 16.2. The van der Waals surface area contributed by atoms with E-state index in [2.05, 4.69) is 10.3 Å². The molecule has 6 nitrogen and oxygen atoms in total. The lowest BCUT2D eigenvalue weighted by Crippen LogP contribution is -2.21. The Kier molecular flexibility index (Phi) is 4.31. The topological polar surface area (TPSA) is 79.8 Å². The molecule has 0 aliphatic heterocycles. The van der Waals surface area contributed by atoms with Crippen LogP contribution in [0.3, 0.4) is 0 Å². The van der Waals surface area contributed by atoms with Gasteiger partial charge in [-0.2, -0.15) is 0 Å². The van der Waals surface area contributed by atoms with Crippen molar-refractivity contribution in [3.05, 3.63) is 82.8 Å². The van der Waals surface area contributed by atoms with Gasteiger partial charge >= 0.3 is 0 Å². The minimum absolute atomic E-state index is 0.0141. The van der Waals surface area contributed by atoms with Crippen molar-refractivity contribution < 1.29 is 4.79 Å². The van der Waals surface area contributed by atoms with Crippen molar-refractivity contribution in [3.8, 4) is 0 Å². The van der Waals surface area contributed by atoms with Gasteiger partial charge in [0.1, 0.15) is 12.4 Å². The highest BCUT2D eigenvalue weighted by molar-refractivity contribution is 5.98. The predicted molar refractivity (Wildman–Crippen MR) is 127 cm³/mol. The molecule has 0 saturated heterocycles. The van der Waals surface area contributed by atoms with E-state index in [0.717, 1.165) is 33.6 Å². The maximum atomic E-state index is 13.0. The zero-order valence-corrected chi connectivity index (χ0v) is 17.5. The van der Waals surface area contributed by atoms with Gasteiger partial charge in [-0.25, -0.2) is 4.98 Å². The fourth-order valence-corrected chi connectivity index (χ4v) is 4.57. The van der Waals surface area contributed by atoms with Crippen molar-refractivity contribution in [1.82, 2.24) is 14.5 Å². The number of anilines is 1. The number of imidazole rings is 1. The summed E-state index contributed by atoms with van der Waals surface area (Å²) in [5, 5.41) is 4.23. The summed E-state index contributed by atoms with van der Waals surface area (Å²) in [5.74, 6) is 1.42. The number of para-hydroxylation sites is 2. The summed E-state index contributed by atoms with van der Waals surface area (Å²) in [7, 11) is 0. The number of amides is 1. The molecule has 1 aliphatic carbocycles. The molecule has 1 fully saturated rings. The van der Waals surface area contributed by atoms with Crippen molar-refractivity contribution in [3.63, 3.8) is 0 Å². The summed E-state index contributed by atoms with van der Waals surface area (Å²) in [4.78, 5) is 34.0. The Balaban J connectivity index is 1.33. The number of hydrogen-bond acceptors (Lipinski definition) is 3. The standard InChI is InChI=1S/C26H22N4O2/c31-24(27-17-12-13-20-21(14-17)29-26(28-20)16-6-5-7-16)15-30-22-10-3-1-8-18(22)25(32)19-9-2-4-11-23(19)30/h1-4,8-14,16H,5-7,15H2,(H,27,31)(H,28,29). The Hall–Kier alpha value is -3.93. The summed E-state index contributed by atoms with van der Waals surface area (Å²) in [6, 6.07) is 20.6. The van der Waals surface area contributed by atoms with Gasteiger partial charge in [-0.15, -0.1) is 0 Å². The lowest BCUT2D eigenvalue weighted by atomic mass is 9.85. The first-order valence-corrected chi connectivity index (χ1v) is 11.0. The van der Waals surface area contributed by atoms with E-state index in [4.69, 9.17) is 4.98 Å². The second kappa shape index (κ2) is 7.34. The fourth-order valence-electron chi connectivity index (χ4n) is 4.57. The second-order valence-corrected chi connectivity index (χ2v) is 8.48. The molecule has 6 rings (SSSR count). The Morgan fingerprint density at radius 1 is 1.00 bits per heavy atom. The van der Waals surface area contributed by atoms with E-state index < -0.39 is 0 Å². The van der Waals surface area contributed by atoms with Crippen LogP contribution in [0.1, 0.15) is 31.0 Å². The van der Waals surface area contributed by atoms with Crippen LogP contribution in [0, 0.1) is 0 Å². The van der Waals surface area contributed by atoms with Gasteiger partial charge in [0.15, 0.2) is 5.43 Å². The lowest BCUT2D eigenvalue weighted by molar-refractivity contribution is -0.116. The minimum atomic E-state index is -0.151. The van der Waals surface area contributed by atoms with Crippen LogP contribution in [0.25, 0.3) is 32.8 Å². The molecule has 5 aromatic rings. The number of nitrogens with zero attached hydrogens (tertiary/aromatic N) is 2. The lowest BCUT2D eigenvalue weighted by Gasteiger charge is -2.22. The number of nitrogens with one attached hydrogen (secondary N) is 2. The van der Waals surface area contributed by atoms with Gasteiger partial charge in [0.05, 0.1) is 22.1 Å². The van der Waals surface area contributed by atoms with Crippen LogP contribution >= 0.6 is 0 Å². The number of pyridine rings is 1. The summed E-state index contributed by atoms with van der Waals surface area (Å²) < 4.78 is 1.91. The van der Waals surface area contributed by atoms with Gasteiger partial charge in [0.25, 0.3) is 0 Å². The van der Waals surface area contributed by atoms with Gasteiger partial charge in [0, 0.05) is 22.4 Å². The first kappa shape index (κ1) is 18.8. The van der Waals surface area contributed by atoms with Crippen LogP contribution in [0.2, 0.25) is 0 Å². The van der Waals surface area contributed by atoms with Crippen LogP contribution in [-0.2, 0) is 11.3 Å². The SMILES string of the molecule is O=C(Cn1c2ccccc2c(=O)c2ccccc21)Nc1ccc2nc(C3CCC3)[nH]c2c1. The molecule has 0 atom stereocenters. The summed E-state index contributed by atoms with van der Waals surface area (Å²) >= 11 is 0. The number of fused-ring (bicyclic) bond motifs is 3. The number of benzene rings is 3. The van der Waals surface area contributed by atoms with Crippen molar-refractivity contribution in [2.45, 2.75) is 31.7 Å². The van der Waals surface area contributed by atoms with Gasteiger partial charge in [-0.05, 0) is 55.3 Å². The van der Waals surface area contributed by atoms with Crippen LogP contribution in [0.5, 0.6) is 0 Å². The largest absolute Gasteiger partial charge is 0.342 e. The van der Waals surface area contributed by atoms with Crippen LogP contribution < -0.4 is 10.7 Å². The normalized spacial score (nSPS) is 14.1. The van der Waals surface area contributed by atoms with E-state index in [0.29, 0.717) is 16.7 Å². The van der Waals surface area contributed by atoms with Crippen LogP contribution in [-0.4, -0.2) is 20.4 Å². The molecule has 1 aliphatic rings. The molecule has 6 heteroatoms. The van der Waals surface area contributed by atoms with E-state index in [1.165, 1.54) is 19.3 Å². The molecule has 2 heterocycles. The maximum Gasteiger partial charge on any atom is 0.244 e. The monoisotopic (exact) mass is 422 g/mol. The number of rotatable bonds is 4. The van der Waals surface area contributed by atoms with Crippen molar-refractivity contribution in [1.29, 1.82) is 0 Å². The number of carbonyl (C=O) groups is 1. The van der Waals surface area contributed by atoms with E-state index in [1.807, 2.05) is 71.3 Å². The maximum absolute atomic E-state index is 13.0. The highest BCUT2D eigenvalue weighted by Gasteiger charge is 2.22. The smallest absolute Gasteiger partial charge is 0.244 e. The average molecular weight is 422 g/mol. The molecule has 2 N–H and O–H groups in total. The summed E-state index contributed by atoms with van der Waals surface area (Å²) in [6.07, 6.45) is 3.63. The highest BCUT2D eigenvalue weighted by Crippen LogP contribution is 2.35. The summed E-state index contributed by atoms with van der Waals surface area (Å²) in [5.41, 5.74) is 4.06. The molecule has 0 radical (unpaired) electrons. The Labute approximate surface area is 183 Å². The molecule has 0 spiro atoms. The molecule has 32 heavy (non-hydrogen) atoms. The van der Waals surface area contributed by atoms with Crippen molar-refractivity contribution >= 4 is 44.4 Å². The number of hydrogen-bond donors (Lipinski definition) is 2. The molecule has 1 amide bonds. The zero-order valence-electron chi connectivity index (χ0n) is 17.5. The van der Waals surface area contributed by atoms with Gasteiger partial charge in [0.2, 0.25) is 5.91 Å². The van der Waals surface area contributed by atoms with Gasteiger partial charge in [-0.1, -0.05) is 30.7 Å². The first-order valence-electron chi connectivity index (χ1n) is 11.0. The van der Waals surface area contributed by atoms with Crippen LogP contribution in [0.4, 0.5) is 5.69 Å². The minimum Gasteiger partial charge on any atom is -0.342 e. The number of aromatic amines is 1. The fraction of sp³-hybridized carbons (Fsp3) is 0.192. The van der Waals surface area contributed by atoms with Crippen molar-refractivity contribution in [2.24, 2.45) is 0 Å². The van der Waals surface area contributed by atoms with Crippen molar-refractivity contribution in [2.75, 3.05) is 5.32 Å². The zero-order chi connectivity index (χ0) is 21.7. The Morgan fingerprint density at radius 2 is 1.69 bits per heavy atom. The third-order valence-corrected chi connectivity index (χ3v) is 6.46. The van der Waals surface area contributed by atoms with Gasteiger partial charge < -0.3 is 14.9 Å². The molecule has 3 aromatic carbocycles. The van der Waals surface area contributed by atoms with E-state index in [1.54, 1.807) is 0 Å². The molecule has 1 saturated carbocycles. The first-order chi connectivity index (χ1) is 15.7. The molecule has 0 unspecified atom stereocenters. The van der Waals surface area contributed by atoms with Gasteiger partial charge in [-0.3, -0.25) is 9.59 Å². The van der Waals surface area contributed by atoms with E-state index in [-0.39, 0.29) is 17.9 Å². The third kappa shape index (κ3) is 3.07. The molecular weight excluding hydrogens is 400 g/mol. The second-order valence-electron chi connectivity index (χ2n) is 8.48. The number of aromatic nitrogens is 3. The van der Waals surface area contributed by atoms with E-state index in [9.17, 15) is 9.59 Å². The predicted octanol–water partition coefficient (Wildman–Crippen LogP) is 4.94. The average Bonchev–Trinajstić information content (AvgIpc) is 3.18. The summed E-state index contributed by atoms with van der Waals surface area (Å²) in [6.45, 7) is 0.107. The molecular formula is C26H22N4O2. The quantitative estimate of drug-likeness (QED) is 0.403. The molecule has 158 valence electrons. The Bertz CT molecular complexity index is 1500. The molecule has 2 aromatic heterocycles. The third-order valence-electron chi connectivity index (χ3n) is 6.46. The number of H-pyrrole nitrogens is 1. The van der Waals surface area contributed by atoms with Crippen LogP contribution in [0.15, 0.2) is 71.5 Å².